The number of phosphoric ester groups is 1. The van der Waals surface area contributed by atoms with Gasteiger partial charge in [-0.05, 0) is 24.3 Å². The lowest BCUT2D eigenvalue weighted by atomic mass is 9.97. The van der Waals surface area contributed by atoms with Gasteiger partial charge in [0.2, 0.25) is 0 Å². The van der Waals surface area contributed by atoms with Crippen molar-refractivity contribution >= 4 is 7.82 Å². The summed E-state index contributed by atoms with van der Waals surface area (Å²) < 4.78 is 64.5. The van der Waals surface area contributed by atoms with Gasteiger partial charge in [-0.1, -0.05) is 13.8 Å². The number of rotatable bonds is 2. The monoisotopic (exact) mass is 310 g/mol. The van der Waals surface area contributed by atoms with Crippen molar-refractivity contribution in [2.75, 3.05) is 13.2 Å². The summed E-state index contributed by atoms with van der Waals surface area (Å²) in [5.74, 6) is 0.000962. The molecular weight excluding hydrogens is 296 g/mol. The Hall–Kier alpha value is -1.04. The Kier molecular flexibility index (Phi) is 3.88. The molecule has 8 heteroatoms. The molecule has 1 aromatic rings. The minimum atomic E-state index is -4.43. The average molecular weight is 310 g/mol. The standard InChI is InChI=1S/C12H14F3O4P/c1-11(2)7-17-20(16,18-8-11)19-10-5-3-9(4-6-10)12(13,14)15/h3-6H,7-8H2,1-2H3. The molecule has 0 N–H and O–H groups in total. The molecule has 2 rings (SSSR count). The van der Waals surface area contributed by atoms with Crippen LogP contribution < -0.4 is 4.52 Å². The number of hydrogen-bond acceptors (Lipinski definition) is 4. The van der Waals surface area contributed by atoms with Crippen LogP contribution in [0.25, 0.3) is 0 Å². The number of alkyl halides is 3. The third-order valence-electron chi connectivity index (χ3n) is 2.63. The Morgan fingerprint density at radius 1 is 1.15 bits per heavy atom. The van der Waals surface area contributed by atoms with E-state index in [0.717, 1.165) is 24.3 Å². The summed E-state index contributed by atoms with van der Waals surface area (Å²) in [4.78, 5) is 0. The molecule has 0 saturated carbocycles. The van der Waals surface area contributed by atoms with E-state index in [1.165, 1.54) is 0 Å². The molecular formula is C12H14F3O4P. The number of halogens is 3. The van der Waals surface area contributed by atoms with E-state index in [4.69, 9.17) is 13.6 Å². The molecule has 0 bridgehead atoms. The number of phosphoric acid groups is 1. The second kappa shape index (κ2) is 5.06. The first-order chi connectivity index (χ1) is 9.10. The van der Waals surface area contributed by atoms with Crippen molar-refractivity contribution in [2.24, 2.45) is 5.41 Å². The van der Waals surface area contributed by atoms with Gasteiger partial charge in [0.15, 0.2) is 0 Å². The molecule has 0 unspecified atom stereocenters. The van der Waals surface area contributed by atoms with Gasteiger partial charge in [0, 0.05) is 5.41 Å². The fourth-order valence-electron chi connectivity index (χ4n) is 1.47. The quantitative estimate of drug-likeness (QED) is 0.765. The Morgan fingerprint density at radius 3 is 2.10 bits per heavy atom. The summed E-state index contributed by atoms with van der Waals surface area (Å²) in [6, 6.07) is 3.84. The van der Waals surface area contributed by atoms with Gasteiger partial charge in [-0.25, -0.2) is 4.57 Å². The van der Waals surface area contributed by atoms with Crippen molar-refractivity contribution in [3.63, 3.8) is 0 Å². The molecule has 20 heavy (non-hydrogen) atoms. The summed E-state index contributed by atoms with van der Waals surface area (Å²) in [7, 11) is -3.75. The smallest absolute Gasteiger partial charge is 0.404 e. The zero-order valence-corrected chi connectivity index (χ0v) is 11.8. The molecule has 1 saturated heterocycles. The molecule has 0 atom stereocenters. The van der Waals surface area contributed by atoms with Gasteiger partial charge in [-0.3, -0.25) is 9.05 Å². The molecule has 1 aliphatic heterocycles. The minimum Gasteiger partial charge on any atom is -0.404 e. The van der Waals surface area contributed by atoms with Crippen LogP contribution in [-0.2, 0) is 19.8 Å². The topological polar surface area (TPSA) is 44.8 Å². The first-order valence-electron chi connectivity index (χ1n) is 5.86. The number of hydrogen-bond donors (Lipinski definition) is 0. The zero-order chi connectivity index (χ0) is 15.0. The number of benzene rings is 1. The molecule has 1 fully saturated rings. The van der Waals surface area contributed by atoms with Gasteiger partial charge < -0.3 is 4.52 Å². The van der Waals surface area contributed by atoms with E-state index < -0.39 is 19.6 Å². The van der Waals surface area contributed by atoms with Gasteiger partial charge in [-0.2, -0.15) is 13.2 Å². The molecule has 0 amide bonds. The molecule has 0 aliphatic carbocycles. The van der Waals surface area contributed by atoms with Crippen LogP contribution >= 0.6 is 7.82 Å². The lowest BCUT2D eigenvalue weighted by Gasteiger charge is -2.32. The van der Waals surface area contributed by atoms with E-state index in [9.17, 15) is 17.7 Å². The van der Waals surface area contributed by atoms with Crippen molar-refractivity contribution < 1.29 is 31.3 Å². The van der Waals surface area contributed by atoms with Crippen LogP contribution in [0.5, 0.6) is 5.75 Å². The highest BCUT2D eigenvalue weighted by Crippen LogP contribution is 2.54. The fraction of sp³-hybridized carbons (Fsp3) is 0.500. The highest BCUT2D eigenvalue weighted by Gasteiger charge is 2.39. The maximum absolute atomic E-state index is 12.4. The molecule has 112 valence electrons. The van der Waals surface area contributed by atoms with Crippen molar-refractivity contribution in [3.8, 4) is 5.75 Å². The average Bonchev–Trinajstić information content (AvgIpc) is 2.33. The summed E-state index contributed by atoms with van der Waals surface area (Å²) in [6.45, 7) is 4.11. The van der Waals surface area contributed by atoms with Crippen LogP contribution in [0.15, 0.2) is 24.3 Å². The largest absolute Gasteiger partial charge is 0.530 e. The van der Waals surface area contributed by atoms with Crippen LogP contribution in [-0.4, -0.2) is 13.2 Å². The molecule has 1 aromatic carbocycles. The molecule has 0 spiro atoms. The predicted octanol–water partition coefficient (Wildman–Crippen LogP) is 4.27. The predicted molar refractivity (Wildman–Crippen MR) is 65.4 cm³/mol. The van der Waals surface area contributed by atoms with E-state index in [0.29, 0.717) is 0 Å². The maximum Gasteiger partial charge on any atom is 0.530 e. The third kappa shape index (κ3) is 3.75. The Balaban J connectivity index is 2.06. The van der Waals surface area contributed by atoms with E-state index in [2.05, 4.69) is 0 Å². The van der Waals surface area contributed by atoms with Crippen LogP contribution in [0.4, 0.5) is 13.2 Å². The summed E-state index contributed by atoms with van der Waals surface area (Å²) in [5, 5.41) is 0. The van der Waals surface area contributed by atoms with Crippen molar-refractivity contribution in [1.29, 1.82) is 0 Å². The van der Waals surface area contributed by atoms with E-state index >= 15 is 0 Å². The third-order valence-corrected chi connectivity index (χ3v) is 3.95. The van der Waals surface area contributed by atoms with Crippen molar-refractivity contribution in [1.82, 2.24) is 0 Å². The maximum atomic E-state index is 12.4. The normalized spacial score (nSPS) is 21.4. The minimum absolute atomic E-state index is 0.000962. The second-order valence-electron chi connectivity index (χ2n) is 5.27. The van der Waals surface area contributed by atoms with Crippen LogP contribution in [0, 0.1) is 5.41 Å². The van der Waals surface area contributed by atoms with Crippen LogP contribution in [0.3, 0.4) is 0 Å². The lowest BCUT2D eigenvalue weighted by Crippen LogP contribution is -2.30. The van der Waals surface area contributed by atoms with Gasteiger partial charge in [0.05, 0.1) is 18.8 Å². The summed E-state index contributed by atoms with van der Waals surface area (Å²) in [6.07, 6.45) is -4.43. The molecule has 0 aromatic heterocycles. The van der Waals surface area contributed by atoms with Crippen LogP contribution in [0.2, 0.25) is 0 Å². The van der Waals surface area contributed by atoms with Gasteiger partial charge in [0.1, 0.15) is 5.75 Å². The highest BCUT2D eigenvalue weighted by atomic mass is 31.2. The zero-order valence-electron chi connectivity index (χ0n) is 10.9. The van der Waals surface area contributed by atoms with Crippen LogP contribution in [0.1, 0.15) is 19.4 Å². The van der Waals surface area contributed by atoms with Gasteiger partial charge in [-0.15, -0.1) is 0 Å². The molecule has 1 heterocycles. The lowest BCUT2D eigenvalue weighted by molar-refractivity contribution is -0.137. The first kappa shape index (κ1) is 15.4. The van der Waals surface area contributed by atoms with Crippen molar-refractivity contribution in [3.05, 3.63) is 29.8 Å². The van der Waals surface area contributed by atoms with Crippen molar-refractivity contribution in [2.45, 2.75) is 20.0 Å². The van der Waals surface area contributed by atoms with Gasteiger partial charge in [0.25, 0.3) is 0 Å². The second-order valence-corrected chi connectivity index (χ2v) is 6.87. The highest BCUT2D eigenvalue weighted by molar-refractivity contribution is 7.49. The molecule has 0 radical (unpaired) electrons. The SMILES string of the molecule is CC1(C)COP(=O)(Oc2ccc(C(F)(F)F)cc2)OC1. The summed E-state index contributed by atoms with van der Waals surface area (Å²) in [5.41, 5.74) is -1.09. The Labute approximate surface area is 114 Å². The van der Waals surface area contributed by atoms with E-state index in [1.807, 2.05) is 13.8 Å². The first-order valence-corrected chi connectivity index (χ1v) is 7.32. The Morgan fingerprint density at radius 2 is 1.65 bits per heavy atom. The molecule has 4 nitrogen and oxygen atoms in total. The van der Waals surface area contributed by atoms with E-state index in [-0.39, 0.29) is 24.4 Å². The molecule has 1 aliphatic rings. The fourth-order valence-corrected chi connectivity index (χ4v) is 3.05. The van der Waals surface area contributed by atoms with Gasteiger partial charge >= 0.3 is 14.0 Å². The summed E-state index contributed by atoms with van der Waals surface area (Å²) >= 11 is 0. The van der Waals surface area contributed by atoms with E-state index in [1.54, 1.807) is 0 Å². The Bertz CT molecular complexity index is 510.